The van der Waals surface area contributed by atoms with Crippen LogP contribution in [0.15, 0.2) is 53.4 Å². The van der Waals surface area contributed by atoms with Crippen molar-refractivity contribution in [3.05, 3.63) is 65.7 Å². The number of likely N-dealkylation sites (tertiary alicyclic amines) is 1. The van der Waals surface area contributed by atoms with Gasteiger partial charge in [-0.15, -0.1) is 11.8 Å². The second kappa shape index (κ2) is 10.2. The summed E-state index contributed by atoms with van der Waals surface area (Å²) in [5.41, 5.74) is 0.850. The van der Waals surface area contributed by atoms with Gasteiger partial charge in [0.05, 0.1) is 6.04 Å². The van der Waals surface area contributed by atoms with E-state index >= 15 is 0 Å². The average molecular weight is 420 g/mol. The number of nitrogens with one attached hydrogen (secondary N) is 1. The number of nitrogens with zero attached hydrogens (tertiary/aromatic N) is 2. The van der Waals surface area contributed by atoms with Gasteiger partial charge in [0.15, 0.2) is 0 Å². The highest BCUT2D eigenvalue weighted by Gasteiger charge is 2.37. The third-order valence-electron chi connectivity index (χ3n) is 4.92. The molecule has 1 saturated heterocycles. The van der Waals surface area contributed by atoms with Crippen molar-refractivity contribution >= 4 is 17.7 Å². The fraction of sp³-hybridized carbons (Fsp3) is 0.409. The molecule has 2 aromatic carbocycles. The van der Waals surface area contributed by atoms with Crippen LogP contribution < -0.4 is 5.32 Å². The predicted molar refractivity (Wildman–Crippen MR) is 113 cm³/mol. The molecule has 0 radical (unpaired) electrons. The molecule has 29 heavy (non-hydrogen) atoms. The minimum atomic E-state index is -0.272. The molecule has 0 saturated carbocycles. The number of halogens is 2. The molecular formula is C22H27F2N3OS. The number of amides is 1. The van der Waals surface area contributed by atoms with Crippen molar-refractivity contribution in [1.82, 2.24) is 15.1 Å². The Kier molecular flexibility index (Phi) is 7.64. The lowest BCUT2D eigenvalue weighted by Crippen LogP contribution is -2.44. The van der Waals surface area contributed by atoms with Crippen molar-refractivity contribution < 1.29 is 13.6 Å². The van der Waals surface area contributed by atoms with Gasteiger partial charge in [-0.05, 0) is 62.5 Å². The standard InChI is InChI=1S/C22H27F2N3OS/c1-26(2)11-10-25-22(28)21-13-20(29-19-8-6-17(23)7-9-19)15-27(21)14-16-4-3-5-18(24)12-16/h3-9,12,20-21H,10-11,13-15H2,1-2H3,(H,25,28)/t20-,21-/m0/s1. The highest BCUT2D eigenvalue weighted by molar-refractivity contribution is 8.00. The Morgan fingerprint density at radius 2 is 1.93 bits per heavy atom. The summed E-state index contributed by atoms with van der Waals surface area (Å²) >= 11 is 1.66. The predicted octanol–water partition coefficient (Wildman–Crippen LogP) is 3.38. The van der Waals surface area contributed by atoms with Gasteiger partial charge in [-0.1, -0.05) is 12.1 Å². The summed E-state index contributed by atoms with van der Waals surface area (Å²) in [6, 6.07) is 12.7. The van der Waals surface area contributed by atoms with E-state index in [2.05, 4.69) is 10.2 Å². The first-order valence-electron chi connectivity index (χ1n) is 9.74. The first-order valence-corrected chi connectivity index (χ1v) is 10.6. The van der Waals surface area contributed by atoms with Crippen LogP contribution in [0, 0.1) is 11.6 Å². The van der Waals surface area contributed by atoms with Gasteiger partial charge < -0.3 is 10.2 Å². The third-order valence-corrected chi connectivity index (χ3v) is 6.14. The summed E-state index contributed by atoms with van der Waals surface area (Å²) in [5.74, 6) is -0.525. The summed E-state index contributed by atoms with van der Waals surface area (Å²) in [6.07, 6.45) is 0.700. The maximum atomic E-state index is 13.6. The molecular weight excluding hydrogens is 392 g/mol. The average Bonchev–Trinajstić information content (AvgIpc) is 3.05. The van der Waals surface area contributed by atoms with Gasteiger partial charge in [0, 0.05) is 36.3 Å². The minimum absolute atomic E-state index is 0.00505. The number of likely N-dealkylation sites (N-methyl/N-ethyl adjacent to an activating group) is 1. The summed E-state index contributed by atoms with van der Waals surface area (Å²) in [5, 5.41) is 3.23. The zero-order valence-electron chi connectivity index (χ0n) is 16.8. The van der Waals surface area contributed by atoms with E-state index in [9.17, 15) is 13.6 Å². The van der Waals surface area contributed by atoms with Crippen molar-refractivity contribution in [2.45, 2.75) is 29.2 Å². The van der Waals surface area contributed by atoms with E-state index in [1.165, 1.54) is 24.3 Å². The Morgan fingerprint density at radius 1 is 1.17 bits per heavy atom. The van der Waals surface area contributed by atoms with Gasteiger partial charge in [-0.3, -0.25) is 9.69 Å². The number of rotatable bonds is 8. The monoisotopic (exact) mass is 419 g/mol. The largest absolute Gasteiger partial charge is 0.353 e. The van der Waals surface area contributed by atoms with Gasteiger partial charge in [0.25, 0.3) is 0 Å². The highest BCUT2D eigenvalue weighted by Crippen LogP contribution is 2.34. The molecule has 0 aromatic heterocycles. The van der Waals surface area contributed by atoms with Gasteiger partial charge in [0.2, 0.25) is 5.91 Å². The van der Waals surface area contributed by atoms with Crippen molar-refractivity contribution in [3.8, 4) is 0 Å². The van der Waals surface area contributed by atoms with Gasteiger partial charge >= 0.3 is 0 Å². The Morgan fingerprint density at radius 3 is 2.62 bits per heavy atom. The zero-order valence-corrected chi connectivity index (χ0v) is 17.6. The fourth-order valence-electron chi connectivity index (χ4n) is 3.49. The van der Waals surface area contributed by atoms with E-state index in [0.29, 0.717) is 26.1 Å². The smallest absolute Gasteiger partial charge is 0.237 e. The molecule has 1 aliphatic rings. The molecule has 7 heteroatoms. The molecule has 1 N–H and O–H groups in total. The van der Waals surface area contributed by atoms with Crippen LogP contribution in [0.4, 0.5) is 8.78 Å². The number of hydrogen-bond acceptors (Lipinski definition) is 4. The van der Waals surface area contributed by atoms with E-state index in [0.717, 1.165) is 17.0 Å². The molecule has 3 rings (SSSR count). The summed E-state index contributed by atoms with van der Waals surface area (Å²) in [6.45, 7) is 2.59. The van der Waals surface area contributed by atoms with Gasteiger partial charge in [-0.2, -0.15) is 0 Å². The second-order valence-corrected chi connectivity index (χ2v) is 8.97. The van der Waals surface area contributed by atoms with E-state index in [1.807, 2.05) is 25.1 Å². The SMILES string of the molecule is CN(C)CCNC(=O)[C@@H]1C[C@H](Sc2ccc(F)cc2)CN1Cc1cccc(F)c1. The summed E-state index contributed by atoms with van der Waals surface area (Å²) < 4.78 is 26.8. The van der Waals surface area contributed by atoms with Crippen molar-refractivity contribution in [2.75, 3.05) is 33.7 Å². The number of hydrogen-bond donors (Lipinski definition) is 1. The minimum Gasteiger partial charge on any atom is -0.353 e. The van der Waals surface area contributed by atoms with Crippen LogP contribution in [0.5, 0.6) is 0 Å². The van der Waals surface area contributed by atoms with Crippen LogP contribution in [0.3, 0.4) is 0 Å². The second-order valence-electron chi connectivity index (χ2n) is 7.60. The van der Waals surface area contributed by atoms with Crippen LogP contribution in [-0.4, -0.2) is 60.7 Å². The molecule has 156 valence electrons. The van der Waals surface area contributed by atoms with Gasteiger partial charge in [-0.25, -0.2) is 8.78 Å². The normalized spacial score (nSPS) is 19.6. The number of benzene rings is 2. The molecule has 0 unspecified atom stereocenters. The van der Waals surface area contributed by atoms with E-state index in [4.69, 9.17) is 0 Å². The van der Waals surface area contributed by atoms with E-state index in [1.54, 1.807) is 30.0 Å². The van der Waals surface area contributed by atoms with Crippen LogP contribution in [0.25, 0.3) is 0 Å². The lowest BCUT2D eigenvalue weighted by atomic mass is 10.1. The molecule has 1 fully saturated rings. The first kappa shape index (κ1) is 21.7. The lowest BCUT2D eigenvalue weighted by Gasteiger charge is -2.24. The number of thioether (sulfide) groups is 1. The molecule has 4 nitrogen and oxygen atoms in total. The molecule has 1 amide bonds. The number of carbonyl (C=O) groups is 1. The van der Waals surface area contributed by atoms with Crippen LogP contribution >= 0.6 is 11.8 Å². The molecule has 2 atom stereocenters. The Hall–Kier alpha value is -1.96. The Labute approximate surface area is 175 Å². The molecule has 0 spiro atoms. The van der Waals surface area contributed by atoms with Gasteiger partial charge in [0.1, 0.15) is 11.6 Å². The molecule has 1 aliphatic heterocycles. The van der Waals surface area contributed by atoms with Crippen LogP contribution in [-0.2, 0) is 11.3 Å². The summed E-state index contributed by atoms with van der Waals surface area (Å²) in [7, 11) is 3.93. The maximum absolute atomic E-state index is 13.6. The topological polar surface area (TPSA) is 35.6 Å². The van der Waals surface area contributed by atoms with E-state index < -0.39 is 0 Å². The first-order chi connectivity index (χ1) is 13.9. The zero-order chi connectivity index (χ0) is 20.8. The van der Waals surface area contributed by atoms with Crippen molar-refractivity contribution in [2.24, 2.45) is 0 Å². The highest BCUT2D eigenvalue weighted by atomic mass is 32.2. The maximum Gasteiger partial charge on any atom is 0.237 e. The lowest BCUT2D eigenvalue weighted by molar-refractivity contribution is -0.125. The summed E-state index contributed by atoms with van der Waals surface area (Å²) in [4.78, 5) is 17.9. The Bertz CT molecular complexity index is 816. The molecule has 0 bridgehead atoms. The quantitative estimate of drug-likeness (QED) is 0.712. The van der Waals surface area contributed by atoms with Crippen molar-refractivity contribution in [3.63, 3.8) is 0 Å². The van der Waals surface area contributed by atoms with Crippen molar-refractivity contribution in [1.29, 1.82) is 0 Å². The molecule has 1 heterocycles. The molecule has 2 aromatic rings. The van der Waals surface area contributed by atoms with Crippen LogP contribution in [0.1, 0.15) is 12.0 Å². The van der Waals surface area contributed by atoms with Crippen LogP contribution in [0.2, 0.25) is 0 Å². The number of carbonyl (C=O) groups excluding carboxylic acids is 1. The molecule has 0 aliphatic carbocycles. The Balaban J connectivity index is 1.68. The third kappa shape index (κ3) is 6.52. The fourth-order valence-corrected chi connectivity index (χ4v) is 4.71. The van der Waals surface area contributed by atoms with E-state index in [-0.39, 0.29) is 28.8 Å².